The molecule has 0 radical (unpaired) electrons. The summed E-state index contributed by atoms with van der Waals surface area (Å²) >= 11 is 0. The molecule has 1 amide bonds. The van der Waals surface area contributed by atoms with Gasteiger partial charge in [0, 0.05) is 16.9 Å². The summed E-state index contributed by atoms with van der Waals surface area (Å²) in [6.45, 7) is -1.08. The molecule has 0 bridgehead atoms. The number of amides is 1. The van der Waals surface area contributed by atoms with Crippen molar-refractivity contribution in [3.05, 3.63) is 53.6 Å². The smallest absolute Gasteiger partial charge is 0.387 e. The molecule has 4 nitrogen and oxygen atoms in total. The largest absolute Gasteiger partial charge is 0.435 e. The highest BCUT2D eigenvalue weighted by atomic mass is 19.3. The lowest BCUT2D eigenvalue weighted by Crippen LogP contribution is -2.12. The van der Waals surface area contributed by atoms with Crippen molar-refractivity contribution < 1.29 is 18.3 Å². The minimum Gasteiger partial charge on any atom is -0.435 e. The Bertz CT molecular complexity index is 660. The molecule has 0 saturated heterocycles. The van der Waals surface area contributed by atoms with E-state index in [0.717, 1.165) is 5.56 Å². The van der Waals surface area contributed by atoms with Crippen LogP contribution < -0.4 is 15.8 Å². The van der Waals surface area contributed by atoms with Gasteiger partial charge in [0.1, 0.15) is 5.75 Å². The Morgan fingerprint density at radius 2 is 2.00 bits per heavy atom. The van der Waals surface area contributed by atoms with Crippen LogP contribution >= 0.6 is 0 Å². The predicted molar refractivity (Wildman–Crippen MR) is 76.6 cm³/mol. The van der Waals surface area contributed by atoms with Crippen molar-refractivity contribution in [2.75, 3.05) is 11.1 Å². The summed E-state index contributed by atoms with van der Waals surface area (Å²) in [6.07, 6.45) is 0. The molecule has 0 unspecified atom stereocenters. The van der Waals surface area contributed by atoms with Gasteiger partial charge >= 0.3 is 6.61 Å². The molecule has 2 rings (SSSR count). The molecule has 2 aromatic rings. The fourth-order valence-electron chi connectivity index (χ4n) is 1.74. The van der Waals surface area contributed by atoms with Gasteiger partial charge in [0.05, 0.1) is 0 Å². The molecule has 2 aromatic carbocycles. The van der Waals surface area contributed by atoms with Gasteiger partial charge in [0.25, 0.3) is 5.91 Å². The highest BCUT2D eigenvalue weighted by molar-refractivity contribution is 6.04. The van der Waals surface area contributed by atoms with Crippen molar-refractivity contribution >= 4 is 17.3 Å². The maximum absolute atomic E-state index is 12.1. The molecule has 0 fully saturated rings. The van der Waals surface area contributed by atoms with Crippen molar-refractivity contribution in [3.8, 4) is 5.75 Å². The summed E-state index contributed by atoms with van der Waals surface area (Å²) in [7, 11) is 0. The molecule has 21 heavy (non-hydrogen) atoms. The number of aryl methyl sites for hydroxylation is 1. The number of halogens is 2. The van der Waals surface area contributed by atoms with Crippen molar-refractivity contribution in [1.29, 1.82) is 0 Å². The van der Waals surface area contributed by atoms with Crippen LogP contribution in [0, 0.1) is 6.92 Å². The molecule has 0 aliphatic carbocycles. The summed E-state index contributed by atoms with van der Waals surface area (Å²) in [5.41, 5.74) is 7.97. The van der Waals surface area contributed by atoms with Crippen LogP contribution in [0.3, 0.4) is 0 Å². The van der Waals surface area contributed by atoms with Crippen LogP contribution in [0.5, 0.6) is 5.75 Å². The van der Waals surface area contributed by atoms with E-state index in [4.69, 9.17) is 5.73 Å². The lowest BCUT2D eigenvalue weighted by molar-refractivity contribution is -0.0498. The van der Waals surface area contributed by atoms with Crippen LogP contribution in [-0.4, -0.2) is 12.5 Å². The molecule has 0 aromatic heterocycles. The van der Waals surface area contributed by atoms with Gasteiger partial charge in [-0.25, -0.2) is 0 Å². The Kier molecular flexibility index (Phi) is 4.37. The van der Waals surface area contributed by atoms with Crippen LogP contribution in [0.4, 0.5) is 20.2 Å². The van der Waals surface area contributed by atoms with Crippen LogP contribution in [0.15, 0.2) is 42.5 Å². The molecule has 110 valence electrons. The molecule has 0 spiro atoms. The van der Waals surface area contributed by atoms with Crippen molar-refractivity contribution in [2.45, 2.75) is 13.5 Å². The number of anilines is 2. The van der Waals surface area contributed by atoms with Gasteiger partial charge in [0.2, 0.25) is 0 Å². The Morgan fingerprint density at radius 3 is 2.67 bits per heavy atom. The van der Waals surface area contributed by atoms with E-state index < -0.39 is 12.5 Å². The second kappa shape index (κ2) is 6.21. The number of nitrogens with two attached hydrogens (primary N) is 1. The zero-order valence-electron chi connectivity index (χ0n) is 11.3. The zero-order chi connectivity index (χ0) is 15.4. The molecule has 0 saturated carbocycles. The van der Waals surface area contributed by atoms with Gasteiger partial charge in [-0.3, -0.25) is 4.79 Å². The van der Waals surface area contributed by atoms with E-state index in [-0.39, 0.29) is 11.3 Å². The molecular weight excluding hydrogens is 278 g/mol. The lowest BCUT2D eigenvalue weighted by Gasteiger charge is -2.09. The first-order valence-corrected chi connectivity index (χ1v) is 6.18. The zero-order valence-corrected chi connectivity index (χ0v) is 11.3. The standard InChI is InChI=1S/C15H14F2N2O2/c1-9-5-6-11(8-13(9)18)19-14(20)10-3-2-4-12(7-10)21-15(16)17/h2-8,15H,18H2,1H3,(H,19,20). The molecule has 6 heteroatoms. The molecule has 0 atom stereocenters. The predicted octanol–water partition coefficient (Wildman–Crippen LogP) is 3.43. The molecular formula is C15H14F2N2O2. The van der Waals surface area contributed by atoms with Gasteiger partial charge < -0.3 is 15.8 Å². The average Bonchev–Trinajstić information content (AvgIpc) is 2.42. The van der Waals surface area contributed by atoms with E-state index in [1.807, 2.05) is 6.92 Å². The van der Waals surface area contributed by atoms with E-state index in [0.29, 0.717) is 11.4 Å². The fourth-order valence-corrected chi connectivity index (χ4v) is 1.74. The maximum atomic E-state index is 12.1. The van der Waals surface area contributed by atoms with E-state index >= 15 is 0 Å². The molecule has 0 aliphatic rings. The van der Waals surface area contributed by atoms with Crippen LogP contribution in [0.1, 0.15) is 15.9 Å². The topological polar surface area (TPSA) is 64.3 Å². The Balaban J connectivity index is 2.14. The Hall–Kier alpha value is -2.63. The summed E-state index contributed by atoms with van der Waals surface area (Å²) in [4.78, 5) is 12.1. The molecule has 0 aliphatic heterocycles. The van der Waals surface area contributed by atoms with Gasteiger partial charge in [-0.1, -0.05) is 12.1 Å². The van der Waals surface area contributed by atoms with E-state index in [9.17, 15) is 13.6 Å². The molecule has 3 N–H and O–H groups in total. The quantitative estimate of drug-likeness (QED) is 0.848. The van der Waals surface area contributed by atoms with E-state index in [1.165, 1.54) is 24.3 Å². The highest BCUT2D eigenvalue weighted by Gasteiger charge is 2.10. The first-order valence-electron chi connectivity index (χ1n) is 6.18. The summed E-state index contributed by atoms with van der Waals surface area (Å²) in [5.74, 6) is -0.501. The number of ether oxygens (including phenoxy) is 1. The summed E-state index contributed by atoms with van der Waals surface area (Å²) in [6, 6.07) is 10.7. The number of rotatable bonds is 4. The van der Waals surface area contributed by atoms with Crippen molar-refractivity contribution in [3.63, 3.8) is 0 Å². The normalized spacial score (nSPS) is 10.5. The minimum absolute atomic E-state index is 0.0685. The number of alkyl halides is 2. The number of hydrogen-bond donors (Lipinski definition) is 2. The summed E-state index contributed by atoms with van der Waals surface area (Å²) in [5, 5.41) is 2.64. The third-order valence-corrected chi connectivity index (χ3v) is 2.86. The first kappa shape index (κ1) is 14.8. The van der Waals surface area contributed by atoms with Crippen LogP contribution in [0.2, 0.25) is 0 Å². The van der Waals surface area contributed by atoms with E-state index in [1.54, 1.807) is 18.2 Å². The second-order valence-electron chi connectivity index (χ2n) is 4.43. The Morgan fingerprint density at radius 1 is 1.24 bits per heavy atom. The Labute approximate surface area is 120 Å². The SMILES string of the molecule is Cc1ccc(NC(=O)c2cccc(OC(F)F)c2)cc1N. The monoisotopic (exact) mass is 292 g/mol. The highest BCUT2D eigenvalue weighted by Crippen LogP contribution is 2.20. The number of nitrogens with one attached hydrogen (secondary N) is 1. The van der Waals surface area contributed by atoms with Gasteiger partial charge in [-0.2, -0.15) is 8.78 Å². The van der Waals surface area contributed by atoms with Crippen LogP contribution in [-0.2, 0) is 0 Å². The van der Waals surface area contributed by atoms with Gasteiger partial charge in [-0.05, 0) is 42.8 Å². The minimum atomic E-state index is -2.93. The van der Waals surface area contributed by atoms with Crippen molar-refractivity contribution in [1.82, 2.24) is 0 Å². The van der Waals surface area contributed by atoms with Gasteiger partial charge in [0.15, 0.2) is 0 Å². The second-order valence-corrected chi connectivity index (χ2v) is 4.43. The first-order chi connectivity index (χ1) is 9.95. The van der Waals surface area contributed by atoms with Crippen molar-refractivity contribution in [2.24, 2.45) is 0 Å². The third-order valence-electron chi connectivity index (χ3n) is 2.86. The average molecular weight is 292 g/mol. The number of carbonyl (C=O) groups excluding carboxylic acids is 1. The number of hydrogen-bond acceptors (Lipinski definition) is 3. The third kappa shape index (κ3) is 3.92. The van der Waals surface area contributed by atoms with Crippen LogP contribution in [0.25, 0.3) is 0 Å². The number of carbonyl (C=O) groups is 1. The lowest BCUT2D eigenvalue weighted by atomic mass is 10.1. The summed E-state index contributed by atoms with van der Waals surface area (Å²) < 4.78 is 28.5. The fraction of sp³-hybridized carbons (Fsp3) is 0.133. The number of benzene rings is 2. The van der Waals surface area contributed by atoms with E-state index in [2.05, 4.69) is 10.1 Å². The maximum Gasteiger partial charge on any atom is 0.387 e. The molecule has 0 heterocycles. The number of nitrogen functional groups attached to an aromatic ring is 1. The van der Waals surface area contributed by atoms with Gasteiger partial charge in [-0.15, -0.1) is 0 Å².